The maximum Gasteiger partial charge on any atom is 0.303 e. The van der Waals surface area contributed by atoms with Gasteiger partial charge in [0.15, 0.2) is 0 Å². The monoisotopic (exact) mass is 618 g/mol. The minimum Gasteiger partial charge on any atom is -0.507 e. The lowest BCUT2D eigenvalue weighted by Crippen LogP contribution is -2.18. The van der Waals surface area contributed by atoms with Crippen molar-refractivity contribution in [3.63, 3.8) is 0 Å². The van der Waals surface area contributed by atoms with Crippen LogP contribution in [0.25, 0.3) is 0 Å². The number of rotatable bonds is 5. The molecular formula is C40H58O5. The molecule has 3 aromatic carbocycles. The highest BCUT2D eigenvalue weighted by molar-refractivity contribution is 5.67. The number of hydrogen-bond donors (Lipinski definition) is 4. The van der Waals surface area contributed by atoms with Gasteiger partial charge in [0.25, 0.3) is 0 Å². The Morgan fingerprint density at radius 2 is 0.844 bits per heavy atom. The Kier molecular flexibility index (Phi) is 11.3. The van der Waals surface area contributed by atoms with E-state index in [2.05, 4.69) is 109 Å². The first-order valence-electron chi connectivity index (χ1n) is 16.0. The number of aliphatic carboxylic acids is 1. The molecule has 0 unspecified atom stereocenters. The van der Waals surface area contributed by atoms with Gasteiger partial charge in [0, 0.05) is 12.8 Å². The van der Waals surface area contributed by atoms with Crippen LogP contribution in [-0.2, 0) is 39.3 Å². The zero-order valence-corrected chi connectivity index (χ0v) is 30.3. The number of carbonyl (C=O) groups is 1. The third kappa shape index (κ3) is 10.0. The fourth-order valence-corrected chi connectivity index (χ4v) is 5.56. The molecule has 5 nitrogen and oxygen atoms in total. The molecule has 3 rings (SSSR count). The van der Waals surface area contributed by atoms with Crippen molar-refractivity contribution in [2.75, 3.05) is 0 Å². The second kappa shape index (κ2) is 13.5. The first-order valence-corrected chi connectivity index (χ1v) is 16.0. The number of benzene rings is 3. The summed E-state index contributed by atoms with van der Waals surface area (Å²) < 4.78 is 0. The van der Waals surface area contributed by atoms with Gasteiger partial charge < -0.3 is 20.4 Å². The van der Waals surface area contributed by atoms with Crippen molar-refractivity contribution >= 4 is 5.97 Å². The van der Waals surface area contributed by atoms with Crippen molar-refractivity contribution < 1.29 is 25.2 Å². The smallest absolute Gasteiger partial charge is 0.303 e. The van der Waals surface area contributed by atoms with E-state index in [9.17, 15) is 20.1 Å². The average Bonchev–Trinajstić information content (AvgIpc) is 2.84. The molecule has 0 aliphatic carbocycles. The van der Waals surface area contributed by atoms with Crippen LogP contribution in [0.1, 0.15) is 140 Å². The van der Waals surface area contributed by atoms with E-state index in [1.165, 1.54) is 0 Å². The lowest BCUT2D eigenvalue weighted by Gasteiger charge is -2.28. The van der Waals surface area contributed by atoms with E-state index in [-0.39, 0.29) is 28.1 Å². The summed E-state index contributed by atoms with van der Waals surface area (Å²) in [6.07, 6.45) is 1.12. The third-order valence-corrected chi connectivity index (χ3v) is 8.08. The summed E-state index contributed by atoms with van der Waals surface area (Å²) in [5.41, 5.74) is 8.00. The third-order valence-electron chi connectivity index (χ3n) is 8.08. The van der Waals surface area contributed by atoms with Crippen LogP contribution in [0.5, 0.6) is 17.2 Å². The van der Waals surface area contributed by atoms with Gasteiger partial charge >= 0.3 is 5.97 Å². The second-order valence-electron chi connectivity index (χ2n) is 16.8. The molecule has 3 aromatic rings. The van der Waals surface area contributed by atoms with Gasteiger partial charge in [-0.3, -0.25) is 4.79 Å². The molecule has 0 aromatic heterocycles. The lowest BCUT2D eigenvalue weighted by molar-refractivity contribution is -0.136. The molecule has 0 radical (unpaired) electrons. The van der Waals surface area contributed by atoms with Crippen LogP contribution in [0.2, 0.25) is 0 Å². The molecule has 4 N–H and O–H groups in total. The van der Waals surface area contributed by atoms with E-state index >= 15 is 0 Å². The Hall–Kier alpha value is -3.47. The number of carboxylic acids is 1. The molecule has 0 bridgehead atoms. The minimum absolute atomic E-state index is 0.109. The molecule has 5 heteroatoms. The van der Waals surface area contributed by atoms with Crippen LogP contribution in [-0.4, -0.2) is 26.4 Å². The zero-order valence-electron chi connectivity index (χ0n) is 30.3. The Morgan fingerprint density at radius 3 is 1.13 bits per heavy atom. The molecule has 0 heterocycles. The lowest BCUT2D eigenvalue weighted by atomic mass is 9.78. The van der Waals surface area contributed by atoms with Crippen molar-refractivity contribution in [3.8, 4) is 17.2 Å². The average molecular weight is 619 g/mol. The van der Waals surface area contributed by atoms with Crippen LogP contribution in [0, 0.1) is 13.8 Å². The minimum atomic E-state index is -0.798. The van der Waals surface area contributed by atoms with Crippen molar-refractivity contribution in [2.24, 2.45) is 0 Å². The number of hydrogen-bond acceptors (Lipinski definition) is 4. The zero-order chi connectivity index (χ0) is 34.9. The normalized spacial score (nSPS) is 12.5. The topological polar surface area (TPSA) is 98.0 Å². The molecule has 0 aliphatic heterocycles. The van der Waals surface area contributed by atoms with E-state index in [1.54, 1.807) is 0 Å². The largest absolute Gasteiger partial charge is 0.507 e. The summed E-state index contributed by atoms with van der Waals surface area (Å²) in [5.74, 6) is 0.226. The highest BCUT2D eigenvalue weighted by atomic mass is 16.4. The van der Waals surface area contributed by atoms with Gasteiger partial charge in [-0.25, -0.2) is 0 Å². The molecular weight excluding hydrogens is 560 g/mol. The Bertz CT molecular complexity index is 1410. The van der Waals surface area contributed by atoms with Crippen molar-refractivity contribution in [2.45, 2.75) is 138 Å². The number of phenols is 3. The number of aryl methyl sites for hydroxylation is 3. The molecule has 45 heavy (non-hydrogen) atoms. The van der Waals surface area contributed by atoms with E-state index < -0.39 is 5.97 Å². The van der Waals surface area contributed by atoms with Gasteiger partial charge in [0.05, 0.1) is 0 Å². The Labute approximate surface area is 272 Å². The maximum atomic E-state index is 10.8. The Morgan fingerprint density at radius 1 is 0.533 bits per heavy atom. The van der Waals surface area contributed by atoms with Crippen molar-refractivity contribution in [1.82, 2.24) is 0 Å². The number of phenolic OH excluding ortho intramolecular Hbond substituents is 3. The maximum absolute atomic E-state index is 10.8. The van der Waals surface area contributed by atoms with E-state index in [0.29, 0.717) is 30.1 Å². The molecule has 0 spiro atoms. The number of aromatic hydroxyl groups is 3. The molecule has 0 aliphatic rings. The molecule has 248 valence electrons. The first-order chi connectivity index (χ1) is 20.2. The standard InChI is InChI=1S/C23H32O2.C17H26O3/c1-14-9-16(20(24)18(11-14)22(3,4)5)13-17-10-15(2)12-19(21(17)25)23(6,7)8;1-16(2,3)12-9-11(7-8-14(18)19)10-13(15(12)20)17(4,5)6/h9-12,24-25H,13H2,1-8H3;9-10,20H,7-8H2,1-6H3,(H,18,19). The van der Waals surface area contributed by atoms with Crippen LogP contribution >= 0.6 is 0 Å². The van der Waals surface area contributed by atoms with E-state index in [4.69, 9.17) is 5.11 Å². The quantitative estimate of drug-likeness (QED) is 0.228. The fourth-order valence-electron chi connectivity index (χ4n) is 5.56. The molecule has 0 saturated heterocycles. The molecule has 0 saturated carbocycles. The molecule has 0 amide bonds. The SMILES string of the molecule is CC(C)(C)c1cc(CCC(=O)O)cc(C(C)(C)C)c1O.Cc1cc(Cc2cc(C)cc(C(C)(C)C)c2O)c(O)c(C(C)(C)C)c1. The van der Waals surface area contributed by atoms with Gasteiger partial charge in [0.1, 0.15) is 17.2 Å². The summed E-state index contributed by atoms with van der Waals surface area (Å²) in [5, 5.41) is 41.0. The van der Waals surface area contributed by atoms with Crippen LogP contribution in [0.3, 0.4) is 0 Å². The summed E-state index contributed by atoms with van der Waals surface area (Å²) in [6.45, 7) is 29.0. The van der Waals surface area contributed by atoms with Crippen LogP contribution in [0.15, 0.2) is 36.4 Å². The predicted molar refractivity (Wildman–Crippen MR) is 187 cm³/mol. The summed E-state index contributed by atoms with van der Waals surface area (Å²) in [6, 6.07) is 12.0. The summed E-state index contributed by atoms with van der Waals surface area (Å²) in [7, 11) is 0. The van der Waals surface area contributed by atoms with Crippen LogP contribution < -0.4 is 0 Å². The first kappa shape index (κ1) is 37.7. The highest BCUT2D eigenvalue weighted by Crippen LogP contribution is 2.41. The van der Waals surface area contributed by atoms with Crippen molar-refractivity contribution in [3.05, 3.63) is 86.5 Å². The highest BCUT2D eigenvalue weighted by Gasteiger charge is 2.27. The van der Waals surface area contributed by atoms with E-state index in [0.717, 1.165) is 50.1 Å². The van der Waals surface area contributed by atoms with Gasteiger partial charge in [-0.05, 0) is 80.9 Å². The Balaban J connectivity index is 0.000000322. The summed E-state index contributed by atoms with van der Waals surface area (Å²) in [4.78, 5) is 10.8. The molecule has 0 atom stereocenters. The fraction of sp³-hybridized carbons (Fsp3) is 0.525. The van der Waals surface area contributed by atoms with Gasteiger partial charge in [-0.1, -0.05) is 131 Å². The number of carboxylic acid groups (broad SMARTS) is 1. The predicted octanol–water partition coefficient (Wildman–Crippen LogP) is 9.90. The van der Waals surface area contributed by atoms with E-state index in [1.807, 2.05) is 24.3 Å². The van der Waals surface area contributed by atoms with Crippen molar-refractivity contribution in [1.29, 1.82) is 0 Å². The van der Waals surface area contributed by atoms with Crippen LogP contribution in [0.4, 0.5) is 0 Å². The van der Waals surface area contributed by atoms with Gasteiger partial charge in [0.2, 0.25) is 0 Å². The van der Waals surface area contributed by atoms with Gasteiger partial charge in [-0.15, -0.1) is 0 Å². The van der Waals surface area contributed by atoms with Gasteiger partial charge in [-0.2, -0.15) is 0 Å². The molecule has 0 fully saturated rings. The second-order valence-corrected chi connectivity index (χ2v) is 16.8. The summed E-state index contributed by atoms with van der Waals surface area (Å²) >= 11 is 0.